The number of amides is 2. The molecule has 7 heteroatoms. The highest BCUT2D eigenvalue weighted by Crippen LogP contribution is 2.16. The molecule has 1 aromatic heterocycles. The smallest absolute Gasteiger partial charge is 0.420 e. The molecule has 0 spiro atoms. The monoisotopic (exact) mass is 298 g/mol. The molecule has 0 aliphatic carbocycles. The van der Waals surface area contributed by atoms with E-state index in [0.29, 0.717) is 5.69 Å². The molecule has 0 atom stereocenters. The maximum Gasteiger partial charge on any atom is 0.420 e. The zero-order chi connectivity index (χ0) is 16.3. The predicted octanol–water partition coefficient (Wildman–Crippen LogP) is 3.35. The van der Waals surface area contributed by atoms with Crippen LogP contribution in [0.25, 0.3) is 0 Å². The van der Waals surface area contributed by atoms with E-state index < -0.39 is 23.4 Å². The van der Waals surface area contributed by atoms with Gasteiger partial charge in [-0.05, 0) is 41.5 Å². The minimum atomic E-state index is -0.792. The summed E-state index contributed by atoms with van der Waals surface area (Å²) in [4.78, 5) is 25.2. The molecule has 0 aliphatic heterocycles. The third kappa shape index (κ3) is 6.29. The second-order valence-corrected chi connectivity index (χ2v) is 6.54. The Hall–Kier alpha value is -2.05. The molecule has 0 N–H and O–H groups in total. The average Bonchev–Trinajstić information content (AvgIpc) is 2.72. The molecule has 21 heavy (non-hydrogen) atoms. The van der Waals surface area contributed by atoms with E-state index in [0.717, 1.165) is 4.90 Å². The number of ether oxygens (including phenoxy) is 2. The van der Waals surface area contributed by atoms with Crippen molar-refractivity contribution in [2.75, 3.05) is 0 Å². The number of rotatable bonds is 2. The Morgan fingerprint density at radius 3 is 1.90 bits per heavy atom. The number of carbonyl (C=O) groups is 2. The Morgan fingerprint density at radius 2 is 1.57 bits per heavy atom. The topological polar surface area (TPSA) is 81.9 Å². The molecular formula is C14H22N2O5. The number of carbonyl (C=O) groups excluding carboxylic acids is 2. The minimum absolute atomic E-state index is 0.0830. The summed E-state index contributed by atoms with van der Waals surface area (Å²) in [5, 5.41) is 3.68. The lowest BCUT2D eigenvalue weighted by atomic mass is 10.2. The van der Waals surface area contributed by atoms with E-state index in [1.165, 1.54) is 6.26 Å². The summed E-state index contributed by atoms with van der Waals surface area (Å²) in [6, 6.07) is 1.56. The van der Waals surface area contributed by atoms with Crippen LogP contribution in [0.1, 0.15) is 47.2 Å². The zero-order valence-corrected chi connectivity index (χ0v) is 13.3. The molecule has 0 aromatic carbocycles. The molecule has 2 amide bonds. The summed E-state index contributed by atoms with van der Waals surface area (Å²) in [6.07, 6.45) is -0.225. The van der Waals surface area contributed by atoms with Crippen LogP contribution < -0.4 is 0 Å². The molecule has 1 heterocycles. The summed E-state index contributed by atoms with van der Waals surface area (Å²) in [5.74, 6) is 0. The van der Waals surface area contributed by atoms with Crippen LogP contribution in [0, 0.1) is 0 Å². The van der Waals surface area contributed by atoms with Crippen molar-refractivity contribution >= 4 is 12.2 Å². The SMILES string of the molecule is CC(C)(C)OC(=O)N(Cc1ccon1)C(=O)OC(C)(C)C. The highest BCUT2D eigenvalue weighted by atomic mass is 16.6. The lowest BCUT2D eigenvalue weighted by molar-refractivity contribution is -0.000596. The van der Waals surface area contributed by atoms with Crippen molar-refractivity contribution in [2.45, 2.75) is 59.3 Å². The third-order valence-electron chi connectivity index (χ3n) is 2.04. The molecule has 0 unspecified atom stereocenters. The van der Waals surface area contributed by atoms with Gasteiger partial charge in [0.25, 0.3) is 0 Å². The van der Waals surface area contributed by atoms with Crippen molar-refractivity contribution in [3.8, 4) is 0 Å². The first-order valence-electron chi connectivity index (χ1n) is 6.61. The predicted molar refractivity (Wildman–Crippen MR) is 74.5 cm³/mol. The Bertz CT molecular complexity index is 454. The van der Waals surface area contributed by atoms with Crippen molar-refractivity contribution in [1.82, 2.24) is 10.1 Å². The molecule has 1 rings (SSSR count). The molecule has 1 aromatic rings. The van der Waals surface area contributed by atoms with Gasteiger partial charge in [-0.2, -0.15) is 0 Å². The quantitative estimate of drug-likeness (QED) is 0.832. The fraction of sp³-hybridized carbons (Fsp3) is 0.643. The molecule has 118 valence electrons. The second kappa shape index (κ2) is 6.15. The highest BCUT2D eigenvalue weighted by Gasteiger charge is 2.31. The highest BCUT2D eigenvalue weighted by molar-refractivity contribution is 5.88. The maximum atomic E-state index is 12.2. The van der Waals surface area contributed by atoms with Crippen LogP contribution in [0.3, 0.4) is 0 Å². The van der Waals surface area contributed by atoms with Gasteiger partial charge in [-0.25, -0.2) is 14.5 Å². The van der Waals surface area contributed by atoms with Gasteiger partial charge in [-0.1, -0.05) is 5.16 Å². The van der Waals surface area contributed by atoms with Crippen molar-refractivity contribution in [3.05, 3.63) is 18.0 Å². The average molecular weight is 298 g/mol. The third-order valence-corrected chi connectivity index (χ3v) is 2.04. The summed E-state index contributed by atoms with van der Waals surface area (Å²) in [7, 11) is 0. The van der Waals surface area contributed by atoms with Gasteiger partial charge in [0, 0.05) is 6.07 Å². The molecule has 0 saturated carbocycles. The maximum absolute atomic E-state index is 12.2. The normalized spacial score (nSPS) is 11.9. The Morgan fingerprint density at radius 1 is 1.10 bits per heavy atom. The fourth-order valence-electron chi connectivity index (χ4n) is 1.32. The second-order valence-electron chi connectivity index (χ2n) is 6.54. The fourth-order valence-corrected chi connectivity index (χ4v) is 1.32. The number of imide groups is 1. The van der Waals surface area contributed by atoms with Crippen molar-refractivity contribution in [2.24, 2.45) is 0 Å². The van der Waals surface area contributed by atoms with Crippen LogP contribution in [0.15, 0.2) is 16.9 Å². The first-order valence-corrected chi connectivity index (χ1v) is 6.61. The lowest BCUT2D eigenvalue weighted by Crippen LogP contribution is -2.43. The summed E-state index contributed by atoms with van der Waals surface area (Å²) in [5.41, 5.74) is -1.02. The molecule has 0 bridgehead atoms. The van der Waals surface area contributed by atoms with E-state index in [9.17, 15) is 9.59 Å². The van der Waals surface area contributed by atoms with Gasteiger partial charge in [0.05, 0.1) is 6.54 Å². The Balaban J connectivity index is 2.88. The first kappa shape index (κ1) is 17.0. The molecule has 7 nitrogen and oxygen atoms in total. The summed E-state index contributed by atoms with van der Waals surface area (Å²) >= 11 is 0. The van der Waals surface area contributed by atoms with E-state index in [1.54, 1.807) is 47.6 Å². The van der Waals surface area contributed by atoms with Crippen molar-refractivity contribution < 1.29 is 23.6 Å². The van der Waals surface area contributed by atoms with Crippen LogP contribution in [0.2, 0.25) is 0 Å². The molecule has 0 fully saturated rings. The van der Waals surface area contributed by atoms with Crippen LogP contribution in [0.5, 0.6) is 0 Å². The van der Waals surface area contributed by atoms with E-state index >= 15 is 0 Å². The molecular weight excluding hydrogens is 276 g/mol. The molecule has 0 aliphatic rings. The van der Waals surface area contributed by atoms with Gasteiger partial charge >= 0.3 is 12.2 Å². The standard InChI is InChI=1S/C14H22N2O5/c1-13(2,3)20-11(17)16(9-10-7-8-19-15-10)12(18)21-14(4,5)6/h7-8H,9H2,1-6H3. The van der Waals surface area contributed by atoms with Gasteiger partial charge in [-0.15, -0.1) is 0 Å². The lowest BCUT2D eigenvalue weighted by Gasteiger charge is -2.28. The first-order chi connectivity index (χ1) is 9.48. The Kier molecular flexibility index (Phi) is 4.98. The van der Waals surface area contributed by atoms with Gasteiger partial charge < -0.3 is 14.0 Å². The largest absolute Gasteiger partial charge is 0.443 e. The van der Waals surface area contributed by atoms with E-state index in [1.807, 2.05) is 0 Å². The van der Waals surface area contributed by atoms with Gasteiger partial charge in [0.15, 0.2) is 0 Å². The van der Waals surface area contributed by atoms with Gasteiger partial charge in [0.2, 0.25) is 0 Å². The van der Waals surface area contributed by atoms with Gasteiger partial charge in [-0.3, -0.25) is 0 Å². The van der Waals surface area contributed by atoms with Crippen LogP contribution >= 0.6 is 0 Å². The minimum Gasteiger partial charge on any atom is -0.443 e. The zero-order valence-electron chi connectivity index (χ0n) is 13.3. The van der Waals surface area contributed by atoms with E-state index in [2.05, 4.69) is 5.16 Å². The number of nitrogens with zero attached hydrogens (tertiary/aromatic N) is 2. The van der Waals surface area contributed by atoms with E-state index in [-0.39, 0.29) is 6.54 Å². The van der Waals surface area contributed by atoms with Crippen molar-refractivity contribution in [3.63, 3.8) is 0 Å². The molecule has 0 radical (unpaired) electrons. The number of hydrogen-bond donors (Lipinski definition) is 0. The van der Waals surface area contributed by atoms with Crippen LogP contribution in [-0.4, -0.2) is 33.4 Å². The number of hydrogen-bond acceptors (Lipinski definition) is 6. The molecule has 0 saturated heterocycles. The summed E-state index contributed by atoms with van der Waals surface area (Å²) in [6.45, 7) is 10.2. The van der Waals surface area contributed by atoms with Crippen molar-refractivity contribution in [1.29, 1.82) is 0 Å². The van der Waals surface area contributed by atoms with E-state index in [4.69, 9.17) is 14.0 Å². The summed E-state index contributed by atoms with van der Waals surface area (Å²) < 4.78 is 15.1. The Labute approximate surface area is 124 Å². The van der Waals surface area contributed by atoms with Crippen LogP contribution in [-0.2, 0) is 16.0 Å². The number of aromatic nitrogens is 1. The van der Waals surface area contributed by atoms with Gasteiger partial charge in [0.1, 0.15) is 23.2 Å². The van der Waals surface area contributed by atoms with Crippen LogP contribution in [0.4, 0.5) is 9.59 Å².